The van der Waals surface area contributed by atoms with E-state index in [2.05, 4.69) is 10.1 Å². The minimum atomic E-state index is 0.979. The van der Waals surface area contributed by atoms with E-state index in [4.69, 9.17) is 5.21 Å². The van der Waals surface area contributed by atoms with Crippen LogP contribution in [0.25, 0.3) is 6.08 Å². The lowest BCUT2D eigenvalue weighted by Gasteiger charge is -1.86. The molecule has 0 bridgehead atoms. The third-order valence-corrected chi connectivity index (χ3v) is 1.13. The van der Waals surface area contributed by atoms with E-state index in [0.29, 0.717) is 0 Å². The Labute approximate surface area is 64.7 Å². The maximum Gasteiger partial charge on any atom is 0.0661 e. The van der Waals surface area contributed by atoms with Crippen LogP contribution in [0.3, 0.4) is 0 Å². The van der Waals surface area contributed by atoms with Gasteiger partial charge in [-0.05, 0) is 17.7 Å². The summed E-state index contributed by atoms with van der Waals surface area (Å²) in [6, 6.07) is 3.75. The first-order valence-corrected chi connectivity index (χ1v) is 3.17. The number of oxime groups is 1. The first-order chi connectivity index (χ1) is 5.43. The van der Waals surface area contributed by atoms with Crippen molar-refractivity contribution in [1.29, 1.82) is 0 Å². The Balaban J connectivity index is 2.64. The van der Waals surface area contributed by atoms with Crippen LogP contribution in [0.15, 0.2) is 35.8 Å². The number of hydrogen-bond acceptors (Lipinski definition) is 3. The first-order valence-electron chi connectivity index (χ1n) is 3.17. The van der Waals surface area contributed by atoms with Gasteiger partial charge in [-0.15, -0.1) is 0 Å². The van der Waals surface area contributed by atoms with Crippen molar-refractivity contribution in [3.05, 3.63) is 36.2 Å². The van der Waals surface area contributed by atoms with Crippen molar-refractivity contribution < 1.29 is 5.21 Å². The Kier molecular flexibility index (Phi) is 2.86. The van der Waals surface area contributed by atoms with E-state index in [-0.39, 0.29) is 0 Å². The molecule has 11 heavy (non-hydrogen) atoms. The van der Waals surface area contributed by atoms with Gasteiger partial charge in [0, 0.05) is 12.4 Å². The summed E-state index contributed by atoms with van der Waals surface area (Å²) in [4.78, 5) is 3.91. The lowest BCUT2D eigenvalue weighted by molar-refractivity contribution is 0.322. The zero-order valence-electron chi connectivity index (χ0n) is 5.88. The number of hydrogen-bond donors (Lipinski definition) is 1. The highest BCUT2D eigenvalue weighted by atomic mass is 16.4. The molecular formula is C8H8N2O. The number of nitrogens with zero attached hydrogens (tertiary/aromatic N) is 2. The normalized spacial score (nSPS) is 11.3. The van der Waals surface area contributed by atoms with E-state index in [1.165, 1.54) is 6.21 Å². The molecule has 56 valence electrons. The molecule has 1 N–H and O–H groups in total. The van der Waals surface area contributed by atoms with Crippen LogP contribution in [0, 0.1) is 0 Å². The number of pyridine rings is 1. The number of aromatic nitrogens is 1. The standard InChI is InChI=1S/C8H8N2O/c11-10-6-2-4-8-3-1-5-9-7-8/h1-7,11H/b4-2+,10-6+. The van der Waals surface area contributed by atoms with Crippen LogP contribution in [-0.4, -0.2) is 16.4 Å². The predicted molar refractivity (Wildman–Crippen MR) is 43.5 cm³/mol. The molecule has 0 unspecified atom stereocenters. The van der Waals surface area contributed by atoms with Crippen molar-refractivity contribution in [3.8, 4) is 0 Å². The molecule has 0 saturated heterocycles. The average Bonchev–Trinajstić information content (AvgIpc) is 2.07. The molecule has 1 aromatic heterocycles. The predicted octanol–water partition coefficient (Wildman–Crippen LogP) is 1.55. The summed E-state index contributed by atoms with van der Waals surface area (Å²) in [5.41, 5.74) is 0.979. The van der Waals surface area contributed by atoms with Crippen molar-refractivity contribution in [3.63, 3.8) is 0 Å². The molecule has 0 aliphatic rings. The first kappa shape index (κ1) is 7.47. The van der Waals surface area contributed by atoms with Crippen LogP contribution in [0.5, 0.6) is 0 Å². The van der Waals surface area contributed by atoms with Crippen molar-refractivity contribution >= 4 is 12.3 Å². The van der Waals surface area contributed by atoms with E-state index in [9.17, 15) is 0 Å². The average molecular weight is 148 g/mol. The largest absolute Gasteiger partial charge is 0.411 e. The fourth-order valence-corrected chi connectivity index (χ4v) is 0.667. The van der Waals surface area contributed by atoms with Crippen LogP contribution in [0.4, 0.5) is 0 Å². The summed E-state index contributed by atoms with van der Waals surface area (Å²) in [6.45, 7) is 0. The zero-order valence-corrected chi connectivity index (χ0v) is 5.88. The molecule has 0 atom stereocenters. The summed E-state index contributed by atoms with van der Waals surface area (Å²) < 4.78 is 0. The third-order valence-electron chi connectivity index (χ3n) is 1.13. The van der Waals surface area contributed by atoms with Crippen LogP contribution < -0.4 is 0 Å². The van der Waals surface area contributed by atoms with Gasteiger partial charge >= 0.3 is 0 Å². The van der Waals surface area contributed by atoms with Gasteiger partial charge < -0.3 is 5.21 Å². The van der Waals surface area contributed by atoms with Crippen molar-refractivity contribution in [1.82, 2.24) is 4.98 Å². The molecule has 0 radical (unpaired) electrons. The van der Waals surface area contributed by atoms with Gasteiger partial charge in [-0.25, -0.2) is 0 Å². The summed E-state index contributed by atoms with van der Waals surface area (Å²) in [5, 5.41) is 10.9. The zero-order chi connectivity index (χ0) is 7.94. The molecule has 3 heteroatoms. The number of rotatable bonds is 2. The minimum Gasteiger partial charge on any atom is -0.411 e. The molecule has 0 saturated carbocycles. The van der Waals surface area contributed by atoms with Crippen molar-refractivity contribution in [2.45, 2.75) is 0 Å². The summed E-state index contributed by atoms with van der Waals surface area (Å²) in [7, 11) is 0. The van der Waals surface area contributed by atoms with Crippen molar-refractivity contribution in [2.24, 2.45) is 5.16 Å². The van der Waals surface area contributed by atoms with E-state index < -0.39 is 0 Å². The topological polar surface area (TPSA) is 45.5 Å². The Bertz CT molecular complexity index is 254. The van der Waals surface area contributed by atoms with Crippen LogP contribution in [-0.2, 0) is 0 Å². The molecule has 1 aromatic rings. The lowest BCUT2D eigenvalue weighted by atomic mass is 10.3. The molecule has 1 rings (SSSR count). The monoisotopic (exact) mass is 148 g/mol. The molecule has 0 fully saturated rings. The quantitative estimate of drug-likeness (QED) is 0.393. The van der Waals surface area contributed by atoms with Crippen molar-refractivity contribution in [2.75, 3.05) is 0 Å². The summed E-state index contributed by atoms with van der Waals surface area (Å²) in [6.07, 6.45) is 8.16. The van der Waals surface area contributed by atoms with Gasteiger partial charge in [-0.3, -0.25) is 4.98 Å². The highest BCUT2D eigenvalue weighted by Gasteiger charge is 1.80. The Morgan fingerprint density at radius 1 is 1.55 bits per heavy atom. The van der Waals surface area contributed by atoms with E-state index in [1.807, 2.05) is 12.1 Å². The smallest absolute Gasteiger partial charge is 0.0661 e. The second-order valence-corrected chi connectivity index (χ2v) is 1.91. The van der Waals surface area contributed by atoms with Gasteiger partial charge in [0.05, 0.1) is 6.21 Å². The molecule has 0 amide bonds. The maximum absolute atomic E-state index is 8.05. The van der Waals surface area contributed by atoms with E-state index in [1.54, 1.807) is 24.5 Å². The van der Waals surface area contributed by atoms with Gasteiger partial charge in [0.1, 0.15) is 0 Å². The molecular weight excluding hydrogens is 140 g/mol. The third kappa shape index (κ3) is 2.62. The van der Waals surface area contributed by atoms with Gasteiger partial charge in [0.2, 0.25) is 0 Å². The summed E-state index contributed by atoms with van der Waals surface area (Å²) >= 11 is 0. The summed E-state index contributed by atoms with van der Waals surface area (Å²) in [5.74, 6) is 0. The molecule has 0 aliphatic heterocycles. The van der Waals surface area contributed by atoms with E-state index in [0.717, 1.165) is 5.56 Å². The van der Waals surface area contributed by atoms with Crippen LogP contribution in [0.1, 0.15) is 5.56 Å². The second-order valence-electron chi connectivity index (χ2n) is 1.91. The SMILES string of the molecule is O/N=C/C=C/c1cccnc1. The van der Waals surface area contributed by atoms with Crippen LogP contribution in [0.2, 0.25) is 0 Å². The molecule has 0 aromatic carbocycles. The molecule has 1 heterocycles. The van der Waals surface area contributed by atoms with Gasteiger partial charge in [0.15, 0.2) is 0 Å². The Hall–Kier alpha value is -1.64. The second kappa shape index (κ2) is 4.22. The highest BCUT2D eigenvalue weighted by Crippen LogP contribution is 1.96. The Morgan fingerprint density at radius 2 is 2.45 bits per heavy atom. The number of allylic oxidation sites excluding steroid dienone is 1. The fourth-order valence-electron chi connectivity index (χ4n) is 0.667. The molecule has 0 aliphatic carbocycles. The van der Waals surface area contributed by atoms with Gasteiger partial charge in [-0.2, -0.15) is 0 Å². The minimum absolute atomic E-state index is 0.979. The highest BCUT2D eigenvalue weighted by molar-refractivity contribution is 5.77. The molecule has 3 nitrogen and oxygen atoms in total. The Morgan fingerprint density at radius 3 is 3.09 bits per heavy atom. The van der Waals surface area contributed by atoms with Crippen LogP contribution >= 0.6 is 0 Å². The van der Waals surface area contributed by atoms with E-state index >= 15 is 0 Å². The molecule has 0 spiro atoms. The fraction of sp³-hybridized carbons (Fsp3) is 0. The van der Waals surface area contributed by atoms with Gasteiger partial charge in [0.25, 0.3) is 0 Å². The maximum atomic E-state index is 8.05. The lowest BCUT2D eigenvalue weighted by Crippen LogP contribution is -1.73. The van der Waals surface area contributed by atoms with Gasteiger partial charge in [-0.1, -0.05) is 17.3 Å².